The molecule has 3 rings (SSSR count). The second-order valence-electron chi connectivity index (χ2n) is 6.62. The molecule has 1 aliphatic heterocycles. The van der Waals surface area contributed by atoms with Gasteiger partial charge in [0.15, 0.2) is 6.61 Å². The number of carbonyl (C=O) groups excluding carboxylic acids is 2. The lowest BCUT2D eigenvalue weighted by Crippen LogP contribution is -2.29. The summed E-state index contributed by atoms with van der Waals surface area (Å²) < 4.78 is 33.4. The third-order valence-electron chi connectivity index (χ3n) is 4.52. The average Bonchev–Trinajstić information content (AvgIpc) is 2.73. The van der Waals surface area contributed by atoms with Gasteiger partial charge in [-0.25, -0.2) is 4.79 Å². The van der Waals surface area contributed by atoms with Gasteiger partial charge in [0.05, 0.1) is 5.56 Å². The molecule has 0 saturated carbocycles. The molecule has 154 valence electrons. The number of esters is 1. The smallest absolute Gasteiger partial charge is 0.387 e. The number of benzene rings is 2. The predicted molar refractivity (Wildman–Crippen MR) is 104 cm³/mol. The number of anilines is 2. The summed E-state index contributed by atoms with van der Waals surface area (Å²) in [5.41, 5.74) is 1.86. The van der Waals surface area contributed by atoms with Gasteiger partial charge in [-0.15, -0.1) is 0 Å². The fourth-order valence-corrected chi connectivity index (χ4v) is 3.09. The Balaban J connectivity index is 1.46. The highest BCUT2D eigenvalue weighted by Crippen LogP contribution is 2.22. The number of ether oxygens (including phenoxy) is 2. The molecule has 0 spiro atoms. The summed E-state index contributed by atoms with van der Waals surface area (Å²) in [5, 5.41) is 2.67. The zero-order chi connectivity index (χ0) is 20.6. The predicted octanol–water partition coefficient (Wildman–Crippen LogP) is 4.07. The standard InChI is InChI=1S/C21H22F2N2O4/c22-21(23)29-18-10-4-15(5-11-18)20(27)28-14-19(26)24-16-6-8-17(9-7-16)25-12-2-1-3-13-25/h4-11,21H,1-3,12-14H2,(H,24,26). The molecule has 1 fully saturated rings. The van der Waals surface area contributed by atoms with Crippen molar-refractivity contribution in [2.45, 2.75) is 25.9 Å². The Labute approximate surface area is 167 Å². The van der Waals surface area contributed by atoms with Gasteiger partial charge in [-0.1, -0.05) is 0 Å². The number of nitrogens with one attached hydrogen (secondary N) is 1. The average molecular weight is 404 g/mol. The molecule has 0 unspecified atom stereocenters. The molecule has 8 heteroatoms. The fourth-order valence-electron chi connectivity index (χ4n) is 3.09. The summed E-state index contributed by atoms with van der Waals surface area (Å²) in [6, 6.07) is 12.6. The first-order valence-corrected chi connectivity index (χ1v) is 9.38. The van der Waals surface area contributed by atoms with E-state index < -0.39 is 25.1 Å². The van der Waals surface area contributed by atoms with Gasteiger partial charge in [-0.2, -0.15) is 8.78 Å². The molecule has 0 atom stereocenters. The van der Waals surface area contributed by atoms with Gasteiger partial charge >= 0.3 is 12.6 Å². The molecular weight excluding hydrogens is 382 g/mol. The van der Waals surface area contributed by atoms with E-state index in [0.717, 1.165) is 18.8 Å². The van der Waals surface area contributed by atoms with Crippen LogP contribution in [0.4, 0.5) is 20.2 Å². The fraction of sp³-hybridized carbons (Fsp3) is 0.333. The molecule has 2 aromatic carbocycles. The van der Waals surface area contributed by atoms with Crippen LogP contribution in [-0.2, 0) is 9.53 Å². The van der Waals surface area contributed by atoms with Gasteiger partial charge in [0.2, 0.25) is 0 Å². The van der Waals surface area contributed by atoms with Gasteiger partial charge in [-0.05, 0) is 67.8 Å². The SMILES string of the molecule is O=C(COC(=O)c1ccc(OC(F)F)cc1)Nc1ccc(N2CCCCC2)cc1. The van der Waals surface area contributed by atoms with Gasteiger partial charge in [0.25, 0.3) is 5.91 Å². The summed E-state index contributed by atoms with van der Waals surface area (Å²) in [6.45, 7) is -1.32. The Bertz CT molecular complexity index is 820. The minimum Gasteiger partial charge on any atom is -0.452 e. The Morgan fingerprint density at radius 1 is 0.966 bits per heavy atom. The maximum atomic E-state index is 12.1. The molecule has 0 bridgehead atoms. The van der Waals surface area contributed by atoms with Crippen LogP contribution in [0.15, 0.2) is 48.5 Å². The molecule has 29 heavy (non-hydrogen) atoms. The van der Waals surface area contributed by atoms with Crippen LogP contribution < -0.4 is 15.0 Å². The van der Waals surface area contributed by atoms with Crippen LogP contribution in [-0.4, -0.2) is 38.2 Å². The second kappa shape index (κ2) is 9.86. The van der Waals surface area contributed by atoms with Crippen molar-refractivity contribution in [1.82, 2.24) is 0 Å². The third kappa shape index (κ3) is 6.17. The Morgan fingerprint density at radius 3 is 2.24 bits per heavy atom. The number of nitrogens with zero attached hydrogens (tertiary/aromatic N) is 1. The van der Waals surface area contributed by atoms with E-state index in [1.54, 1.807) is 0 Å². The van der Waals surface area contributed by atoms with Crippen molar-refractivity contribution in [2.75, 3.05) is 29.9 Å². The van der Waals surface area contributed by atoms with Crippen LogP contribution in [0.5, 0.6) is 5.75 Å². The topological polar surface area (TPSA) is 67.9 Å². The molecular formula is C21H22F2N2O4. The first-order chi connectivity index (χ1) is 14.0. The van der Waals surface area contributed by atoms with Crippen molar-refractivity contribution in [1.29, 1.82) is 0 Å². The summed E-state index contributed by atoms with van der Waals surface area (Å²) >= 11 is 0. The summed E-state index contributed by atoms with van der Waals surface area (Å²) in [5.74, 6) is -1.27. The van der Waals surface area contributed by atoms with Crippen LogP contribution >= 0.6 is 0 Å². The highest BCUT2D eigenvalue weighted by Gasteiger charge is 2.13. The van der Waals surface area contributed by atoms with E-state index in [4.69, 9.17) is 4.74 Å². The molecule has 1 N–H and O–H groups in total. The molecule has 0 aromatic heterocycles. The molecule has 6 nitrogen and oxygen atoms in total. The number of rotatable bonds is 7. The lowest BCUT2D eigenvalue weighted by molar-refractivity contribution is -0.119. The lowest BCUT2D eigenvalue weighted by Gasteiger charge is -2.28. The van der Waals surface area contributed by atoms with Crippen LogP contribution in [0.25, 0.3) is 0 Å². The number of amides is 1. The van der Waals surface area contributed by atoms with E-state index in [1.807, 2.05) is 24.3 Å². The zero-order valence-corrected chi connectivity index (χ0v) is 15.8. The Kier molecular flexibility index (Phi) is 6.99. The monoisotopic (exact) mass is 404 g/mol. The van der Waals surface area contributed by atoms with E-state index in [9.17, 15) is 18.4 Å². The number of carbonyl (C=O) groups is 2. The number of alkyl halides is 2. The molecule has 1 heterocycles. The Morgan fingerprint density at radius 2 is 1.62 bits per heavy atom. The van der Waals surface area contributed by atoms with E-state index in [-0.39, 0.29) is 11.3 Å². The normalized spacial score (nSPS) is 13.8. The molecule has 0 aliphatic carbocycles. The Hall–Kier alpha value is -3.16. The number of piperidine rings is 1. The number of hydrogen-bond acceptors (Lipinski definition) is 5. The maximum Gasteiger partial charge on any atom is 0.387 e. The molecule has 0 radical (unpaired) electrons. The van der Waals surface area contributed by atoms with E-state index in [2.05, 4.69) is 15.0 Å². The van der Waals surface area contributed by atoms with Crippen LogP contribution in [0.1, 0.15) is 29.6 Å². The van der Waals surface area contributed by atoms with E-state index >= 15 is 0 Å². The van der Waals surface area contributed by atoms with E-state index in [0.29, 0.717) is 5.69 Å². The van der Waals surface area contributed by atoms with Crippen molar-refractivity contribution in [3.8, 4) is 5.75 Å². The van der Waals surface area contributed by atoms with Crippen LogP contribution in [0, 0.1) is 0 Å². The first-order valence-electron chi connectivity index (χ1n) is 9.38. The van der Waals surface area contributed by atoms with Gasteiger partial charge < -0.3 is 19.7 Å². The highest BCUT2D eigenvalue weighted by atomic mass is 19.3. The number of hydrogen-bond donors (Lipinski definition) is 1. The third-order valence-corrected chi connectivity index (χ3v) is 4.52. The maximum absolute atomic E-state index is 12.1. The minimum atomic E-state index is -2.94. The second-order valence-corrected chi connectivity index (χ2v) is 6.62. The minimum absolute atomic E-state index is 0.0673. The summed E-state index contributed by atoms with van der Waals surface area (Å²) in [7, 11) is 0. The van der Waals surface area contributed by atoms with Crippen molar-refractivity contribution in [3.63, 3.8) is 0 Å². The van der Waals surface area contributed by atoms with Crippen LogP contribution in [0.3, 0.4) is 0 Å². The summed E-state index contributed by atoms with van der Waals surface area (Å²) in [6.07, 6.45) is 3.63. The molecule has 2 aromatic rings. The molecule has 1 saturated heterocycles. The molecule has 1 aliphatic rings. The highest BCUT2D eigenvalue weighted by molar-refractivity contribution is 5.95. The van der Waals surface area contributed by atoms with Crippen LogP contribution in [0.2, 0.25) is 0 Å². The largest absolute Gasteiger partial charge is 0.452 e. The van der Waals surface area contributed by atoms with Crippen molar-refractivity contribution >= 4 is 23.3 Å². The van der Waals surface area contributed by atoms with Gasteiger partial charge in [-0.3, -0.25) is 4.79 Å². The zero-order valence-electron chi connectivity index (χ0n) is 15.8. The van der Waals surface area contributed by atoms with Gasteiger partial charge in [0.1, 0.15) is 5.75 Å². The summed E-state index contributed by atoms with van der Waals surface area (Å²) in [4.78, 5) is 26.3. The van der Waals surface area contributed by atoms with E-state index in [1.165, 1.54) is 43.5 Å². The van der Waals surface area contributed by atoms with Crippen molar-refractivity contribution in [2.24, 2.45) is 0 Å². The first kappa shape index (κ1) is 20.6. The van der Waals surface area contributed by atoms with Crippen molar-refractivity contribution < 1.29 is 27.8 Å². The van der Waals surface area contributed by atoms with Gasteiger partial charge in [0, 0.05) is 24.5 Å². The lowest BCUT2D eigenvalue weighted by atomic mass is 10.1. The molecule has 1 amide bonds. The quantitative estimate of drug-likeness (QED) is 0.705. The number of halogens is 2. The van der Waals surface area contributed by atoms with Crippen molar-refractivity contribution in [3.05, 3.63) is 54.1 Å².